The van der Waals surface area contributed by atoms with Crippen molar-refractivity contribution < 1.29 is 9.18 Å². The third-order valence-corrected chi connectivity index (χ3v) is 5.19. The summed E-state index contributed by atoms with van der Waals surface area (Å²) in [6.45, 7) is 0. The molecule has 1 aromatic heterocycles. The van der Waals surface area contributed by atoms with Crippen molar-refractivity contribution >= 4 is 52.1 Å². The number of hydrogen-bond donors (Lipinski definition) is 2. The molecule has 1 heterocycles. The molecule has 2 aromatic rings. The first-order chi connectivity index (χ1) is 9.58. The zero-order chi connectivity index (χ0) is 14.5. The molecule has 2 rings (SSSR count). The van der Waals surface area contributed by atoms with Crippen LogP contribution in [0.2, 0.25) is 0 Å². The maximum absolute atomic E-state index is 13.4. The molecule has 0 spiro atoms. The van der Waals surface area contributed by atoms with Crippen molar-refractivity contribution in [1.29, 1.82) is 0 Å². The van der Waals surface area contributed by atoms with Crippen molar-refractivity contribution in [3.8, 4) is 0 Å². The summed E-state index contributed by atoms with van der Waals surface area (Å²) in [6.07, 6.45) is 1.91. The molecule has 0 aliphatic heterocycles. The SMILES string of the molecule is CSc1nnc(SCC(=O)Nc2cc(N)ccc2F)s1. The first-order valence-corrected chi connectivity index (χ1v) is 8.46. The van der Waals surface area contributed by atoms with E-state index in [1.165, 1.54) is 53.1 Å². The molecule has 1 amide bonds. The molecule has 0 bridgehead atoms. The predicted octanol–water partition coefficient (Wildman–Crippen LogP) is 2.71. The largest absolute Gasteiger partial charge is 0.399 e. The second-order valence-corrected chi connectivity index (χ2v) is 6.87. The van der Waals surface area contributed by atoms with Gasteiger partial charge in [-0.2, -0.15) is 0 Å². The second-order valence-electron chi connectivity index (χ2n) is 3.61. The lowest BCUT2D eigenvalue weighted by Crippen LogP contribution is -2.15. The van der Waals surface area contributed by atoms with E-state index in [0.29, 0.717) is 10.0 Å². The van der Waals surface area contributed by atoms with Gasteiger partial charge in [-0.15, -0.1) is 10.2 Å². The fraction of sp³-hybridized carbons (Fsp3) is 0.182. The normalized spacial score (nSPS) is 10.5. The van der Waals surface area contributed by atoms with E-state index in [2.05, 4.69) is 15.5 Å². The number of hydrogen-bond acceptors (Lipinski definition) is 7. The van der Waals surface area contributed by atoms with E-state index in [1.807, 2.05) is 6.26 Å². The van der Waals surface area contributed by atoms with Gasteiger partial charge >= 0.3 is 0 Å². The lowest BCUT2D eigenvalue weighted by atomic mass is 10.2. The van der Waals surface area contributed by atoms with Gasteiger partial charge in [-0.25, -0.2) is 4.39 Å². The Morgan fingerprint density at radius 3 is 2.90 bits per heavy atom. The molecular weight excluding hydrogens is 319 g/mol. The molecule has 5 nitrogen and oxygen atoms in total. The minimum absolute atomic E-state index is 0.0812. The summed E-state index contributed by atoms with van der Waals surface area (Å²) >= 11 is 4.17. The number of nitrogens with one attached hydrogen (secondary N) is 1. The van der Waals surface area contributed by atoms with Crippen LogP contribution in [0.5, 0.6) is 0 Å². The third kappa shape index (κ3) is 4.09. The molecule has 0 aliphatic carbocycles. The van der Waals surface area contributed by atoms with Crippen molar-refractivity contribution in [3.05, 3.63) is 24.0 Å². The van der Waals surface area contributed by atoms with Crippen LogP contribution in [0.1, 0.15) is 0 Å². The molecule has 9 heteroatoms. The Balaban J connectivity index is 1.90. The third-order valence-electron chi connectivity index (χ3n) is 2.15. The lowest BCUT2D eigenvalue weighted by Gasteiger charge is -2.06. The van der Waals surface area contributed by atoms with E-state index < -0.39 is 5.82 Å². The number of benzene rings is 1. The van der Waals surface area contributed by atoms with E-state index in [9.17, 15) is 9.18 Å². The van der Waals surface area contributed by atoms with Gasteiger partial charge in [0.15, 0.2) is 8.68 Å². The van der Waals surface area contributed by atoms with Crippen molar-refractivity contribution in [3.63, 3.8) is 0 Å². The maximum atomic E-state index is 13.4. The number of anilines is 2. The standard InChI is InChI=1S/C11H11FN4OS3/c1-18-10-15-16-11(20-10)19-5-9(17)14-8-4-6(13)2-3-7(8)12/h2-4H,5,13H2,1H3,(H,14,17). The number of aromatic nitrogens is 2. The summed E-state index contributed by atoms with van der Waals surface area (Å²) in [7, 11) is 0. The highest BCUT2D eigenvalue weighted by Gasteiger charge is 2.10. The van der Waals surface area contributed by atoms with Crippen LogP contribution >= 0.6 is 34.9 Å². The van der Waals surface area contributed by atoms with Crippen LogP contribution in [0, 0.1) is 5.82 Å². The summed E-state index contributed by atoms with van der Waals surface area (Å²) in [4.78, 5) is 11.7. The number of nitrogens with zero attached hydrogens (tertiary/aromatic N) is 2. The summed E-state index contributed by atoms with van der Waals surface area (Å²) < 4.78 is 15.0. The average Bonchev–Trinajstić information content (AvgIpc) is 2.89. The van der Waals surface area contributed by atoms with Gasteiger partial charge < -0.3 is 11.1 Å². The number of nitrogens with two attached hydrogens (primary N) is 1. The molecule has 3 N–H and O–H groups in total. The molecule has 106 valence electrons. The molecule has 0 saturated heterocycles. The molecule has 0 atom stereocenters. The summed E-state index contributed by atoms with van der Waals surface area (Å²) in [5.41, 5.74) is 6.02. The monoisotopic (exact) mass is 330 g/mol. The van der Waals surface area contributed by atoms with Gasteiger partial charge in [-0.1, -0.05) is 34.9 Å². The quantitative estimate of drug-likeness (QED) is 0.648. The molecular formula is C11H11FN4OS3. The fourth-order valence-corrected chi connectivity index (χ4v) is 3.53. The van der Waals surface area contributed by atoms with Crippen molar-refractivity contribution in [2.24, 2.45) is 0 Å². The molecule has 0 fully saturated rings. The lowest BCUT2D eigenvalue weighted by molar-refractivity contribution is -0.113. The van der Waals surface area contributed by atoms with Gasteiger partial charge in [0.05, 0.1) is 11.4 Å². The molecule has 0 unspecified atom stereocenters. The van der Waals surface area contributed by atoms with Crippen LogP contribution in [-0.4, -0.2) is 28.1 Å². The van der Waals surface area contributed by atoms with Gasteiger partial charge in [0.2, 0.25) is 5.91 Å². The van der Waals surface area contributed by atoms with E-state index in [1.54, 1.807) is 0 Å². The molecule has 20 heavy (non-hydrogen) atoms. The van der Waals surface area contributed by atoms with Crippen LogP contribution in [0.25, 0.3) is 0 Å². The summed E-state index contributed by atoms with van der Waals surface area (Å²) in [5.74, 6) is -0.699. The number of carbonyl (C=O) groups is 1. The summed E-state index contributed by atoms with van der Waals surface area (Å²) in [6, 6.07) is 4.03. The van der Waals surface area contributed by atoms with Crippen LogP contribution in [0.15, 0.2) is 26.9 Å². The first-order valence-electron chi connectivity index (χ1n) is 5.43. The highest BCUT2D eigenvalue weighted by molar-refractivity contribution is 8.03. The highest BCUT2D eigenvalue weighted by Crippen LogP contribution is 2.27. The smallest absolute Gasteiger partial charge is 0.234 e. The van der Waals surface area contributed by atoms with Crippen molar-refractivity contribution in [2.75, 3.05) is 23.1 Å². The van der Waals surface area contributed by atoms with Gasteiger partial charge in [0.1, 0.15) is 5.82 Å². The first kappa shape index (κ1) is 15.1. The summed E-state index contributed by atoms with van der Waals surface area (Å²) in [5, 5.41) is 10.3. The zero-order valence-electron chi connectivity index (χ0n) is 10.4. The van der Waals surface area contributed by atoms with E-state index in [4.69, 9.17) is 5.73 Å². The Labute approximate surface area is 127 Å². The number of halogens is 1. The van der Waals surface area contributed by atoms with Crippen LogP contribution in [0.3, 0.4) is 0 Å². The zero-order valence-corrected chi connectivity index (χ0v) is 12.9. The van der Waals surface area contributed by atoms with E-state index >= 15 is 0 Å². The Bertz CT molecular complexity index is 619. The van der Waals surface area contributed by atoms with Gasteiger partial charge in [-0.3, -0.25) is 4.79 Å². The van der Waals surface area contributed by atoms with Crippen LogP contribution in [0.4, 0.5) is 15.8 Å². The maximum Gasteiger partial charge on any atom is 0.234 e. The van der Waals surface area contributed by atoms with Gasteiger partial charge in [0.25, 0.3) is 0 Å². The number of carbonyl (C=O) groups excluding carboxylic acids is 1. The Kier molecular flexibility index (Phi) is 5.21. The van der Waals surface area contributed by atoms with Crippen molar-refractivity contribution in [2.45, 2.75) is 8.68 Å². The van der Waals surface area contributed by atoms with Gasteiger partial charge in [0, 0.05) is 5.69 Å². The van der Waals surface area contributed by atoms with Crippen LogP contribution < -0.4 is 11.1 Å². The Hall–Kier alpha value is -1.32. The number of thioether (sulfide) groups is 2. The number of amides is 1. The number of rotatable bonds is 5. The molecule has 0 radical (unpaired) electrons. The van der Waals surface area contributed by atoms with E-state index in [-0.39, 0.29) is 17.3 Å². The minimum Gasteiger partial charge on any atom is -0.399 e. The topological polar surface area (TPSA) is 80.9 Å². The van der Waals surface area contributed by atoms with Crippen LogP contribution in [-0.2, 0) is 4.79 Å². The highest BCUT2D eigenvalue weighted by atomic mass is 32.2. The molecule has 0 aliphatic rings. The molecule has 0 saturated carbocycles. The number of nitrogen functional groups attached to an aromatic ring is 1. The van der Waals surface area contributed by atoms with Crippen molar-refractivity contribution in [1.82, 2.24) is 10.2 Å². The predicted molar refractivity (Wildman–Crippen MR) is 81.9 cm³/mol. The molecule has 1 aromatic carbocycles. The second kappa shape index (κ2) is 6.91. The Morgan fingerprint density at radius 1 is 1.45 bits per heavy atom. The van der Waals surface area contributed by atoms with Gasteiger partial charge in [-0.05, 0) is 24.5 Å². The Morgan fingerprint density at radius 2 is 2.20 bits per heavy atom. The fourth-order valence-electron chi connectivity index (χ4n) is 1.29. The average molecular weight is 330 g/mol. The minimum atomic E-state index is -0.516. The van der Waals surface area contributed by atoms with E-state index in [0.717, 1.165) is 4.34 Å².